The van der Waals surface area contributed by atoms with E-state index in [9.17, 15) is 4.79 Å². The van der Waals surface area contributed by atoms with E-state index in [1.54, 1.807) is 0 Å². The van der Waals surface area contributed by atoms with Crippen LogP contribution in [0.1, 0.15) is 13.3 Å². The Balaban J connectivity index is 2.24. The molecule has 0 aromatic rings. The molecule has 0 atom stereocenters. The van der Waals surface area contributed by atoms with Gasteiger partial charge in [-0.2, -0.15) is 0 Å². The fourth-order valence-corrected chi connectivity index (χ4v) is 2.02. The zero-order valence-electron chi connectivity index (χ0n) is 12.0. The highest BCUT2D eigenvalue weighted by Crippen LogP contribution is 1.93. The fourth-order valence-electron chi connectivity index (χ4n) is 2.02. The molecule has 0 bridgehead atoms. The topological polar surface area (TPSA) is 65.6 Å². The van der Waals surface area contributed by atoms with Crippen molar-refractivity contribution in [3.8, 4) is 0 Å². The highest BCUT2D eigenvalue weighted by molar-refractivity contribution is 5.69. The second kappa shape index (κ2) is 11.2. The molecule has 0 saturated carbocycles. The van der Waals surface area contributed by atoms with Crippen molar-refractivity contribution < 1.29 is 9.53 Å². The summed E-state index contributed by atoms with van der Waals surface area (Å²) < 4.78 is 4.96. The first-order valence-electron chi connectivity index (χ1n) is 7.33. The van der Waals surface area contributed by atoms with Gasteiger partial charge in [0, 0.05) is 58.9 Å². The van der Waals surface area contributed by atoms with Crippen LogP contribution in [0, 0.1) is 0 Å². The molecule has 6 heteroatoms. The molecule has 1 aliphatic rings. The molecule has 1 heterocycles. The first kappa shape index (κ1) is 16.4. The Hall–Kier alpha value is -0.690. The van der Waals surface area contributed by atoms with Gasteiger partial charge in [0.05, 0.1) is 13.0 Å². The van der Waals surface area contributed by atoms with E-state index in [1.165, 1.54) is 0 Å². The molecule has 1 saturated heterocycles. The number of esters is 1. The maximum absolute atomic E-state index is 11.4. The summed E-state index contributed by atoms with van der Waals surface area (Å²) in [5.74, 6) is -0.0984. The van der Waals surface area contributed by atoms with E-state index in [4.69, 9.17) is 4.74 Å². The summed E-state index contributed by atoms with van der Waals surface area (Å²) in [5.41, 5.74) is 0. The molecule has 1 rings (SSSR count). The maximum Gasteiger partial charge on any atom is 0.307 e. The Labute approximate surface area is 116 Å². The Bertz CT molecular complexity index is 227. The maximum atomic E-state index is 11.4. The van der Waals surface area contributed by atoms with Crippen LogP contribution in [-0.2, 0) is 9.53 Å². The Kier molecular flexibility index (Phi) is 9.61. The van der Waals surface area contributed by atoms with Crippen LogP contribution < -0.4 is 16.0 Å². The van der Waals surface area contributed by atoms with Crippen molar-refractivity contribution in [2.24, 2.45) is 0 Å². The Morgan fingerprint density at radius 1 is 1.00 bits per heavy atom. The summed E-state index contributed by atoms with van der Waals surface area (Å²) >= 11 is 0. The minimum Gasteiger partial charge on any atom is -0.466 e. The quantitative estimate of drug-likeness (QED) is 0.572. The lowest BCUT2D eigenvalue weighted by Gasteiger charge is -2.23. The lowest BCUT2D eigenvalue weighted by atomic mass is 10.3. The summed E-state index contributed by atoms with van der Waals surface area (Å²) in [5, 5.41) is 10.2. The van der Waals surface area contributed by atoms with Crippen LogP contribution in [-0.4, -0.2) is 76.4 Å². The number of ether oxygens (including phenoxy) is 1. The number of nitrogens with one attached hydrogen (secondary N) is 3. The molecule has 0 radical (unpaired) electrons. The number of hydrogen-bond acceptors (Lipinski definition) is 6. The molecule has 0 amide bonds. The van der Waals surface area contributed by atoms with Crippen LogP contribution >= 0.6 is 0 Å². The molecular formula is C13H28N4O2. The predicted octanol–water partition coefficient (Wildman–Crippen LogP) is -0.976. The van der Waals surface area contributed by atoms with Crippen molar-refractivity contribution >= 4 is 5.97 Å². The van der Waals surface area contributed by atoms with Crippen molar-refractivity contribution in [2.45, 2.75) is 13.3 Å². The molecule has 112 valence electrons. The normalized spacial score (nSPS) is 20.3. The van der Waals surface area contributed by atoms with Crippen molar-refractivity contribution in [1.29, 1.82) is 0 Å². The molecule has 1 aliphatic heterocycles. The fraction of sp³-hybridized carbons (Fsp3) is 0.923. The van der Waals surface area contributed by atoms with Gasteiger partial charge in [0.15, 0.2) is 0 Å². The largest absolute Gasteiger partial charge is 0.466 e. The summed E-state index contributed by atoms with van der Waals surface area (Å²) in [4.78, 5) is 13.7. The number of carbonyl (C=O) groups is 1. The third-order valence-corrected chi connectivity index (χ3v) is 3.10. The van der Waals surface area contributed by atoms with Gasteiger partial charge in [-0.25, -0.2) is 0 Å². The number of carbonyl (C=O) groups excluding carboxylic acids is 1. The van der Waals surface area contributed by atoms with E-state index in [2.05, 4.69) is 20.9 Å². The molecule has 3 N–H and O–H groups in total. The van der Waals surface area contributed by atoms with Crippen LogP contribution in [0.4, 0.5) is 0 Å². The lowest BCUT2D eigenvalue weighted by molar-refractivity contribution is -0.143. The van der Waals surface area contributed by atoms with E-state index < -0.39 is 0 Å². The zero-order valence-corrected chi connectivity index (χ0v) is 12.0. The third-order valence-electron chi connectivity index (χ3n) is 3.10. The van der Waals surface area contributed by atoms with Crippen molar-refractivity contribution in [1.82, 2.24) is 20.9 Å². The van der Waals surface area contributed by atoms with Crippen LogP contribution in [0.5, 0.6) is 0 Å². The van der Waals surface area contributed by atoms with E-state index in [-0.39, 0.29) is 5.97 Å². The van der Waals surface area contributed by atoms with Gasteiger partial charge in [-0.1, -0.05) is 0 Å². The highest BCUT2D eigenvalue weighted by atomic mass is 16.5. The summed E-state index contributed by atoms with van der Waals surface area (Å²) in [6.07, 6.45) is 0.482. The van der Waals surface area contributed by atoms with Gasteiger partial charge < -0.3 is 25.6 Å². The van der Waals surface area contributed by atoms with Crippen molar-refractivity contribution in [3.05, 3.63) is 0 Å². The first-order chi connectivity index (χ1) is 9.33. The van der Waals surface area contributed by atoms with Crippen molar-refractivity contribution in [2.75, 3.05) is 65.5 Å². The minimum absolute atomic E-state index is 0.0984. The summed E-state index contributed by atoms with van der Waals surface area (Å²) in [6.45, 7) is 11.0. The number of nitrogens with zero attached hydrogens (tertiary/aromatic N) is 1. The monoisotopic (exact) mass is 272 g/mol. The van der Waals surface area contributed by atoms with Gasteiger partial charge in [0.2, 0.25) is 0 Å². The van der Waals surface area contributed by atoms with Crippen LogP contribution in [0.2, 0.25) is 0 Å². The number of hydrogen-bond donors (Lipinski definition) is 3. The highest BCUT2D eigenvalue weighted by Gasteiger charge is 2.08. The molecule has 0 aromatic carbocycles. The van der Waals surface area contributed by atoms with Crippen LogP contribution in [0.3, 0.4) is 0 Å². The molecule has 0 spiro atoms. The SMILES string of the molecule is CCOC(=O)CCN1CCNCCNCCNCC1. The predicted molar refractivity (Wildman–Crippen MR) is 76.3 cm³/mol. The molecular weight excluding hydrogens is 244 g/mol. The zero-order chi connectivity index (χ0) is 13.8. The molecule has 0 aliphatic carbocycles. The molecule has 1 fully saturated rings. The first-order valence-corrected chi connectivity index (χ1v) is 7.33. The van der Waals surface area contributed by atoms with E-state index in [1.807, 2.05) is 6.92 Å². The van der Waals surface area contributed by atoms with Gasteiger partial charge in [-0.3, -0.25) is 4.79 Å². The van der Waals surface area contributed by atoms with Gasteiger partial charge in [0.1, 0.15) is 0 Å². The van der Waals surface area contributed by atoms with Gasteiger partial charge in [0.25, 0.3) is 0 Å². The van der Waals surface area contributed by atoms with Crippen LogP contribution in [0.15, 0.2) is 0 Å². The Morgan fingerprint density at radius 3 is 2.05 bits per heavy atom. The number of rotatable bonds is 4. The average Bonchev–Trinajstić information content (AvgIpc) is 2.38. The second-order valence-corrected chi connectivity index (χ2v) is 4.65. The van der Waals surface area contributed by atoms with Gasteiger partial charge >= 0.3 is 5.97 Å². The molecule has 19 heavy (non-hydrogen) atoms. The average molecular weight is 272 g/mol. The molecule has 0 unspecified atom stereocenters. The van der Waals surface area contributed by atoms with Crippen molar-refractivity contribution in [3.63, 3.8) is 0 Å². The summed E-state index contributed by atoms with van der Waals surface area (Å²) in [6, 6.07) is 0. The smallest absolute Gasteiger partial charge is 0.307 e. The van der Waals surface area contributed by atoms with Gasteiger partial charge in [-0.15, -0.1) is 0 Å². The molecule has 0 aromatic heterocycles. The van der Waals surface area contributed by atoms with E-state index >= 15 is 0 Å². The molecule has 6 nitrogen and oxygen atoms in total. The van der Waals surface area contributed by atoms with Crippen LogP contribution in [0.25, 0.3) is 0 Å². The third kappa shape index (κ3) is 8.93. The Morgan fingerprint density at radius 2 is 1.53 bits per heavy atom. The minimum atomic E-state index is -0.0984. The van der Waals surface area contributed by atoms with Gasteiger partial charge in [-0.05, 0) is 6.92 Å². The van der Waals surface area contributed by atoms with E-state index in [0.717, 1.165) is 58.9 Å². The van der Waals surface area contributed by atoms with E-state index in [0.29, 0.717) is 13.0 Å². The lowest BCUT2D eigenvalue weighted by Crippen LogP contribution is -2.42. The summed E-state index contributed by atoms with van der Waals surface area (Å²) in [7, 11) is 0. The second-order valence-electron chi connectivity index (χ2n) is 4.65. The standard InChI is InChI=1S/C13H28N4O2/c1-2-19-13(18)3-10-17-11-8-15-6-4-14-5-7-16-9-12-17/h14-16H,2-12H2,1H3.